The van der Waals surface area contributed by atoms with Crippen LogP contribution in [0.2, 0.25) is 0 Å². The van der Waals surface area contributed by atoms with Crippen LogP contribution < -0.4 is 11.3 Å². The summed E-state index contributed by atoms with van der Waals surface area (Å²) in [5.74, 6) is 2.11. The highest BCUT2D eigenvalue weighted by Gasteiger charge is 2.07. The third kappa shape index (κ3) is 2.88. The van der Waals surface area contributed by atoms with E-state index in [9.17, 15) is 4.79 Å². The van der Waals surface area contributed by atoms with Gasteiger partial charge < -0.3 is 15.1 Å². The number of aromatic amines is 1. The number of rotatable bonds is 3. The van der Waals surface area contributed by atoms with Crippen molar-refractivity contribution in [2.45, 2.75) is 24.8 Å². The van der Waals surface area contributed by atoms with E-state index in [4.69, 9.17) is 10.2 Å². The molecule has 0 atom stereocenters. The third-order valence-corrected chi connectivity index (χ3v) is 3.00. The van der Waals surface area contributed by atoms with Gasteiger partial charge in [0.2, 0.25) is 5.89 Å². The van der Waals surface area contributed by atoms with Crippen molar-refractivity contribution in [3.8, 4) is 0 Å². The fourth-order valence-electron chi connectivity index (χ4n) is 1.25. The summed E-state index contributed by atoms with van der Waals surface area (Å²) in [6, 6.07) is 1.24. The average Bonchev–Trinajstić information content (AvgIpc) is 2.54. The lowest BCUT2D eigenvalue weighted by Crippen LogP contribution is -2.09. The van der Waals surface area contributed by atoms with Gasteiger partial charge in [-0.1, -0.05) is 11.8 Å². The van der Waals surface area contributed by atoms with Crippen LogP contribution in [0.25, 0.3) is 0 Å². The Bertz CT molecular complexity index is 571. The van der Waals surface area contributed by atoms with Crippen molar-refractivity contribution in [3.05, 3.63) is 33.8 Å². The lowest BCUT2D eigenvalue weighted by Gasteiger charge is -1.98. The Kier molecular flexibility index (Phi) is 3.19. The number of thioether (sulfide) groups is 1. The number of nitrogens with zero attached hydrogens (tertiary/aromatic N) is 2. The second kappa shape index (κ2) is 4.62. The fourth-order valence-corrected chi connectivity index (χ4v) is 1.98. The number of aromatic nitrogens is 3. The van der Waals surface area contributed by atoms with Crippen molar-refractivity contribution < 1.29 is 4.42 Å². The van der Waals surface area contributed by atoms with E-state index in [1.165, 1.54) is 17.8 Å². The van der Waals surface area contributed by atoms with Crippen molar-refractivity contribution >= 4 is 17.6 Å². The molecule has 0 saturated carbocycles. The molecule has 0 aromatic carbocycles. The smallest absolute Gasteiger partial charge is 0.253 e. The number of anilines is 1. The number of oxazole rings is 1. The third-order valence-electron chi connectivity index (χ3n) is 2.14. The van der Waals surface area contributed by atoms with Crippen LogP contribution in [0, 0.1) is 13.8 Å². The molecule has 3 N–H and O–H groups in total. The van der Waals surface area contributed by atoms with Crippen LogP contribution in [-0.2, 0) is 5.75 Å². The Morgan fingerprint density at radius 1 is 1.47 bits per heavy atom. The number of nitrogens with one attached hydrogen (secondary N) is 1. The van der Waals surface area contributed by atoms with Crippen LogP contribution in [-0.4, -0.2) is 15.0 Å². The van der Waals surface area contributed by atoms with E-state index < -0.39 is 0 Å². The minimum absolute atomic E-state index is 0.205. The van der Waals surface area contributed by atoms with Crippen molar-refractivity contribution in [3.63, 3.8) is 0 Å². The topological polar surface area (TPSA) is 97.8 Å². The highest BCUT2D eigenvalue weighted by Crippen LogP contribution is 2.19. The van der Waals surface area contributed by atoms with Gasteiger partial charge in [0.1, 0.15) is 11.6 Å². The standard InChI is InChI=1S/C10H12N4O2S/c1-5-6(2)16-9(12-5)4-17-10-13-7(11)3-8(15)14-10/h3H,4H2,1-2H3,(H3,11,13,14,15). The van der Waals surface area contributed by atoms with E-state index in [1.807, 2.05) is 13.8 Å². The van der Waals surface area contributed by atoms with Gasteiger partial charge in [-0.15, -0.1) is 0 Å². The summed E-state index contributed by atoms with van der Waals surface area (Å²) in [7, 11) is 0. The molecule has 2 rings (SSSR count). The van der Waals surface area contributed by atoms with Crippen LogP contribution in [0.15, 0.2) is 20.4 Å². The quantitative estimate of drug-likeness (QED) is 0.630. The second-order valence-electron chi connectivity index (χ2n) is 3.51. The Labute approximate surface area is 102 Å². The summed E-state index contributed by atoms with van der Waals surface area (Å²) in [6.45, 7) is 3.74. The van der Waals surface area contributed by atoms with Gasteiger partial charge in [-0.2, -0.15) is 0 Å². The van der Waals surface area contributed by atoms with Crippen molar-refractivity contribution in [2.24, 2.45) is 0 Å². The van der Waals surface area contributed by atoms with Crippen LogP contribution in [0.3, 0.4) is 0 Å². The van der Waals surface area contributed by atoms with E-state index in [1.54, 1.807) is 0 Å². The van der Waals surface area contributed by atoms with Gasteiger partial charge in [0.05, 0.1) is 11.4 Å². The summed E-state index contributed by atoms with van der Waals surface area (Å²) in [5, 5.41) is 0.462. The van der Waals surface area contributed by atoms with Crippen LogP contribution in [0.4, 0.5) is 5.82 Å². The van der Waals surface area contributed by atoms with Crippen LogP contribution in [0.5, 0.6) is 0 Å². The van der Waals surface area contributed by atoms with Gasteiger partial charge in [0.25, 0.3) is 5.56 Å². The minimum atomic E-state index is -0.264. The minimum Gasteiger partial charge on any atom is -0.445 e. The molecule has 7 heteroatoms. The van der Waals surface area contributed by atoms with Crippen LogP contribution in [0.1, 0.15) is 17.3 Å². The predicted molar refractivity (Wildman–Crippen MR) is 64.8 cm³/mol. The van der Waals surface area contributed by atoms with Gasteiger partial charge in [-0.25, -0.2) is 9.97 Å². The maximum Gasteiger partial charge on any atom is 0.253 e. The molecule has 0 spiro atoms. The molecule has 0 aliphatic rings. The molecular weight excluding hydrogens is 240 g/mol. The zero-order valence-corrected chi connectivity index (χ0v) is 10.3. The largest absolute Gasteiger partial charge is 0.445 e. The van der Waals surface area contributed by atoms with Crippen molar-refractivity contribution in [2.75, 3.05) is 5.73 Å². The SMILES string of the molecule is Cc1nc(CSc2nc(N)cc(=O)[nH]2)oc1C. The summed E-state index contributed by atoms with van der Waals surface area (Å²) in [6.07, 6.45) is 0. The van der Waals surface area contributed by atoms with Gasteiger partial charge >= 0.3 is 0 Å². The lowest BCUT2D eigenvalue weighted by molar-refractivity contribution is 0.489. The maximum atomic E-state index is 11.2. The molecule has 6 nitrogen and oxygen atoms in total. The molecule has 2 heterocycles. The Morgan fingerprint density at radius 2 is 2.24 bits per heavy atom. The van der Waals surface area contributed by atoms with Gasteiger partial charge in [0.15, 0.2) is 5.16 Å². The molecule has 2 aromatic heterocycles. The van der Waals surface area contributed by atoms with Crippen LogP contribution >= 0.6 is 11.8 Å². The van der Waals surface area contributed by atoms with E-state index in [-0.39, 0.29) is 11.4 Å². The second-order valence-corrected chi connectivity index (χ2v) is 4.48. The van der Waals surface area contributed by atoms with E-state index in [2.05, 4.69) is 15.0 Å². The molecule has 0 aliphatic heterocycles. The zero-order chi connectivity index (χ0) is 12.4. The molecular formula is C10H12N4O2S. The molecule has 0 fully saturated rings. The van der Waals surface area contributed by atoms with Crippen molar-refractivity contribution in [1.29, 1.82) is 0 Å². The molecule has 0 bridgehead atoms. The molecule has 0 aliphatic carbocycles. The fraction of sp³-hybridized carbons (Fsp3) is 0.300. The molecule has 0 saturated heterocycles. The van der Waals surface area contributed by atoms with Gasteiger partial charge in [0, 0.05) is 6.07 Å². The van der Waals surface area contributed by atoms with Gasteiger partial charge in [-0.3, -0.25) is 4.79 Å². The molecule has 2 aromatic rings. The molecule has 90 valence electrons. The number of nitrogens with two attached hydrogens (primary N) is 1. The lowest BCUT2D eigenvalue weighted by atomic mass is 10.4. The number of hydrogen-bond donors (Lipinski definition) is 2. The van der Waals surface area contributed by atoms with Crippen molar-refractivity contribution in [1.82, 2.24) is 15.0 Å². The maximum absolute atomic E-state index is 11.2. The normalized spacial score (nSPS) is 10.7. The Balaban J connectivity index is 2.09. The molecule has 17 heavy (non-hydrogen) atoms. The highest BCUT2D eigenvalue weighted by molar-refractivity contribution is 7.98. The summed E-state index contributed by atoms with van der Waals surface area (Å²) >= 11 is 1.32. The van der Waals surface area contributed by atoms with E-state index in [0.29, 0.717) is 16.8 Å². The monoisotopic (exact) mass is 252 g/mol. The number of hydrogen-bond acceptors (Lipinski definition) is 6. The first kappa shape index (κ1) is 11.7. The number of H-pyrrole nitrogens is 1. The summed E-state index contributed by atoms with van der Waals surface area (Å²) < 4.78 is 5.41. The average molecular weight is 252 g/mol. The van der Waals surface area contributed by atoms with E-state index in [0.717, 1.165) is 11.5 Å². The first-order chi connectivity index (χ1) is 8.04. The Hall–Kier alpha value is -1.76. The van der Waals surface area contributed by atoms with E-state index >= 15 is 0 Å². The number of nitrogen functional groups attached to an aromatic ring is 1. The summed E-state index contributed by atoms with van der Waals surface area (Å²) in [5.41, 5.74) is 6.08. The number of aryl methyl sites for hydroxylation is 2. The predicted octanol–water partition coefficient (Wildman–Crippen LogP) is 1.25. The molecule has 0 unspecified atom stereocenters. The van der Waals surface area contributed by atoms with Gasteiger partial charge in [-0.05, 0) is 13.8 Å². The highest BCUT2D eigenvalue weighted by atomic mass is 32.2. The molecule has 0 amide bonds. The first-order valence-corrected chi connectivity index (χ1v) is 5.95. The summed E-state index contributed by atoms with van der Waals surface area (Å²) in [4.78, 5) is 22.0. The zero-order valence-electron chi connectivity index (χ0n) is 9.48. The Morgan fingerprint density at radius 3 is 2.82 bits per heavy atom. The first-order valence-electron chi connectivity index (χ1n) is 4.97. The molecule has 0 radical (unpaired) electrons.